The lowest BCUT2D eigenvalue weighted by atomic mass is 9.98. The molecule has 0 saturated carbocycles. The molecule has 0 aromatic heterocycles. The molecular formula is C11H24N2. The topological polar surface area (TPSA) is 29.3 Å². The lowest BCUT2D eigenvalue weighted by Crippen LogP contribution is -2.36. The molecule has 2 atom stereocenters. The van der Waals surface area contributed by atoms with Crippen LogP contribution in [0.5, 0.6) is 0 Å². The second kappa shape index (κ2) is 5.61. The van der Waals surface area contributed by atoms with Crippen molar-refractivity contribution in [2.24, 2.45) is 11.7 Å². The maximum absolute atomic E-state index is 5.80. The quantitative estimate of drug-likeness (QED) is 0.725. The van der Waals surface area contributed by atoms with Crippen LogP contribution in [0.1, 0.15) is 39.5 Å². The molecule has 1 rings (SSSR count). The molecule has 0 aromatic rings. The maximum Gasteiger partial charge on any atom is 0.0139 e. The molecule has 0 radical (unpaired) electrons. The van der Waals surface area contributed by atoms with Crippen molar-refractivity contribution < 1.29 is 0 Å². The molecule has 1 aliphatic heterocycles. The van der Waals surface area contributed by atoms with Crippen molar-refractivity contribution in [3.8, 4) is 0 Å². The molecule has 0 aromatic carbocycles. The molecule has 1 heterocycles. The zero-order chi connectivity index (χ0) is 9.68. The third-order valence-corrected chi connectivity index (χ3v) is 3.06. The second-order valence-electron chi connectivity index (χ2n) is 4.48. The molecule has 78 valence electrons. The highest BCUT2D eigenvalue weighted by Crippen LogP contribution is 2.19. The minimum absolute atomic E-state index is 0.332. The van der Waals surface area contributed by atoms with Gasteiger partial charge in [-0.3, -0.25) is 0 Å². The molecule has 13 heavy (non-hydrogen) atoms. The summed E-state index contributed by atoms with van der Waals surface area (Å²) >= 11 is 0. The highest BCUT2D eigenvalue weighted by molar-refractivity contribution is 4.71. The fourth-order valence-corrected chi connectivity index (χ4v) is 2.22. The summed E-state index contributed by atoms with van der Waals surface area (Å²) in [6.45, 7) is 8.02. The van der Waals surface area contributed by atoms with E-state index in [1.807, 2.05) is 0 Å². The molecule has 1 saturated heterocycles. The van der Waals surface area contributed by atoms with Gasteiger partial charge in [0.1, 0.15) is 0 Å². The minimum atomic E-state index is 0.332. The largest absolute Gasteiger partial charge is 0.327 e. The summed E-state index contributed by atoms with van der Waals surface area (Å²) in [5.74, 6) is 0.970. The molecule has 1 unspecified atom stereocenters. The Hall–Kier alpha value is -0.0800. The van der Waals surface area contributed by atoms with Gasteiger partial charge in [-0.2, -0.15) is 0 Å². The van der Waals surface area contributed by atoms with Crippen LogP contribution in [-0.4, -0.2) is 30.6 Å². The Morgan fingerprint density at radius 3 is 2.77 bits per heavy atom. The Morgan fingerprint density at radius 2 is 2.15 bits per heavy atom. The van der Waals surface area contributed by atoms with Crippen LogP contribution >= 0.6 is 0 Å². The van der Waals surface area contributed by atoms with Gasteiger partial charge in [-0.15, -0.1) is 0 Å². The Labute approximate surface area is 82.5 Å². The van der Waals surface area contributed by atoms with E-state index in [0.29, 0.717) is 6.04 Å². The van der Waals surface area contributed by atoms with Crippen LogP contribution in [0.25, 0.3) is 0 Å². The van der Waals surface area contributed by atoms with E-state index >= 15 is 0 Å². The van der Waals surface area contributed by atoms with Gasteiger partial charge in [0.05, 0.1) is 0 Å². The smallest absolute Gasteiger partial charge is 0.0139 e. The minimum Gasteiger partial charge on any atom is -0.327 e. The molecule has 2 heteroatoms. The first kappa shape index (κ1) is 11.0. The predicted molar refractivity (Wildman–Crippen MR) is 57.7 cm³/mol. The average Bonchev–Trinajstić information content (AvgIpc) is 2.29. The molecule has 0 amide bonds. The van der Waals surface area contributed by atoms with E-state index in [-0.39, 0.29) is 0 Å². The Kier molecular flexibility index (Phi) is 4.74. The number of likely N-dealkylation sites (tertiary alicyclic amines) is 1. The van der Waals surface area contributed by atoms with Crippen LogP contribution in [0.2, 0.25) is 0 Å². The van der Waals surface area contributed by atoms with Crippen molar-refractivity contribution in [1.29, 1.82) is 0 Å². The van der Waals surface area contributed by atoms with Crippen LogP contribution in [0.4, 0.5) is 0 Å². The van der Waals surface area contributed by atoms with Crippen LogP contribution in [0, 0.1) is 5.92 Å². The van der Waals surface area contributed by atoms with E-state index in [4.69, 9.17) is 5.73 Å². The Morgan fingerprint density at radius 1 is 1.38 bits per heavy atom. The van der Waals surface area contributed by atoms with Crippen LogP contribution in [0.3, 0.4) is 0 Å². The summed E-state index contributed by atoms with van der Waals surface area (Å²) < 4.78 is 0. The average molecular weight is 184 g/mol. The Balaban J connectivity index is 2.27. The molecule has 0 bridgehead atoms. The lowest BCUT2D eigenvalue weighted by molar-refractivity contribution is 0.267. The third-order valence-electron chi connectivity index (χ3n) is 3.06. The van der Waals surface area contributed by atoms with Crippen molar-refractivity contribution in [1.82, 2.24) is 4.90 Å². The first-order valence-electron chi connectivity index (χ1n) is 5.70. The molecule has 1 fully saturated rings. The van der Waals surface area contributed by atoms with Gasteiger partial charge >= 0.3 is 0 Å². The van der Waals surface area contributed by atoms with Gasteiger partial charge in [0.25, 0.3) is 0 Å². The fraction of sp³-hybridized carbons (Fsp3) is 1.00. The van der Waals surface area contributed by atoms with Crippen molar-refractivity contribution >= 4 is 0 Å². The molecule has 1 aliphatic rings. The summed E-state index contributed by atoms with van der Waals surface area (Å²) in [6, 6.07) is 0.332. The molecule has 0 spiro atoms. The van der Waals surface area contributed by atoms with Gasteiger partial charge in [-0.05, 0) is 45.2 Å². The molecule has 2 N–H and O–H groups in total. The summed E-state index contributed by atoms with van der Waals surface area (Å²) in [5, 5.41) is 0. The number of hydrogen-bond acceptors (Lipinski definition) is 2. The Bertz CT molecular complexity index is 134. The predicted octanol–water partition coefficient (Wildman–Crippen LogP) is 1.85. The van der Waals surface area contributed by atoms with E-state index in [9.17, 15) is 0 Å². The van der Waals surface area contributed by atoms with E-state index < -0.39 is 0 Å². The van der Waals surface area contributed by atoms with Crippen molar-refractivity contribution in [3.05, 3.63) is 0 Å². The monoisotopic (exact) mass is 184 g/mol. The van der Waals surface area contributed by atoms with Gasteiger partial charge in [0, 0.05) is 12.6 Å². The van der Waals surface area contributed by atoms with Crippen molar-refractivity contribution in [3.63, 3.8) is 0 Å². The summed E-state index contributed by atoms with van der Waals surface area (Å²) in [6.07, 6.45) is 5.52. The van der Waals surface area contributed by atoms with Gasteiger partial charge < -0.3 is 10.6 Å². The lowest BCUT2D eigenvalue weighted by Gasteiger charge is -2.21. The summed E-state index contributed by atoms with van der Waals surface area (Å²) in [5.41, 5.74) is 5.80. The van der Waals surface area contributed by atoms with Gasteiger partial charge in [-0.1, -0.05) is 13.3 Å². The van der Waals surface area contributed by atoms with Gasteiger partial charge in [-0.25, -0.2) is 0 Å². The molecular weight excluding hydrogens is 160 g/mol. The standard InChI is InChI=1S/C11H24N2/c1-3-11-5-4-7-13(8-6-11)9-10(2)12/h10-11H,3-9,12H2,1-2H3/t10-,11?/m1/s1. The van der Waals surface area contributed by atoms with Crippen LogP contribution in [-0.2, 0) is 0 Å². The normalized spacial score (nSPS) is 28.4. The number of nitrogens with two attached hydrogens (primary N) is 1. The summed E-state index contributed by atoms with van der Waals surface area (Å²) in [4.78, 5) is 2.53. The maximum atomic E-state index is 5.80. The molecule has 2 nitrogen and oxygen atoms in total. The second-order valence-corrected chi connectivity index (χ2v) is 4.48. The number of rotatable bonds is 3. The van der Waals surface area contributed by atoms with E-state index in [2.05, 4.69) is 18.7 Å². The zero-order valence-corrected chi connectivity index (χ0v) is 9.13. The van der Waals surface area contributed by atoms with Crippen molar-refractivity contribution in [2.45, 2.75) is 45.6 Å². The number of hydrogen-bond donors (Lipinski definition) is 1. The highest BCUT2D eigenvalue weighted by Gasteiger charge is 2.15. The van der Waals surface area contributed by atoms with E-state index in [1.165, 1.54) is 38.8 Å². The van der Waals surface area contributed by atoms with Crippen molar-refractivity contribution in [2.75, 3.05) is 19.6 Å². The zero-order valence-electron chi connectivity index (χ0n) is 9.13. The van der Waals surface area contributed by atoms with E-state index in [0.717, 1.165) is 12.5 Å². The van der Waals surface area contributed by atoms with Crippen LogP contribution in [0.15, 0.2) is 0 Å². The first-order chi connectivity index (χ1) is 6.22. The van der Waals surface area contributed by atoms with Gasteiger partial charge in [0.2, 0.25) is 0 Å². The number of nitrogens with zero attached hydrogens (tertiary/aromatic N) is 1. The van der Waals surface area contributed by atoms with E-state index in [1.54, 1.807) is 0 Å². The van der Waals surface area contributed by atoms with Crippen LogP contribution < -0.4 is 5.73 Å². The SMILES string of the molecule is CCC1CCCN(C[C@@H](C)N)CC1. The highest BCUT2D eigenvalue weighted by atomic mass is 15.1. The summed E-state index contributed by atoms with van der Waals surface area (Å²) in [7, 11) is 0. The first-order valence-corrected chi connectivity index (χ1v) is 5.70. The van der Waals surface area contributed by atoms with Gasteiger partial charge in [0.15, 0.2) is 0 Å². The molecule has 0 aliphatic carbocycles. The third kappa shape index (κ3) is 4.10. The fourth-order valence-electron chi connectivity index (χ4n) is 2.22.